The average Bonchev–Trinajstić information content (AvgIpc) is 2.61. The maximum atomic E-state index is 5.88. The number of nitrogens with one attached hydrogen (secondary N) is 1. The third kappa shape index (κ3) is 2.44. The van der Waals surface area contributed by atoms with E-state index in [0.29, 0.717) is 0 Å². The van der Waals surface area contributed by atoms with Crippen LogP contribution >= 0.6 is 0 Å². The van der Waals surface area contributed by atoms with Crippen LogP contribution in [0.15, 0.2) is 6.07 Å². The second-order valence-electron chi connectivity index (χ2n) is 5.21. The van der Waals surface area contributed by atoms with E-state index in [-0.39, 0.29) is 7.43 Å². The van der Waals surface area contributed by atoms with Gasteiger partial charge in [-0.15, -0.1) is 0 Å². The standard InChI is InChI=1S/C15H22N2O.CH4/c1-3-12-13-5-7-16-6-4-11(13)10-14-15(12)17(2)8-9-18-14;/h10,16H,3-9H2,1-2H3;1H4. The molecule has 0 radical (unpaired) electrons. The Morgan fingerprint density at radius 2 is 2.11 bits per heavy atom. The zero-order valence-corrected chi connectivity index (χ0v) is 11.4. The summed E-state index contributed by atoms with van der Waals surface area (Å²) in [5.74, 6) is 1.10. The fourth-order valence-electron chi connectivity index (χ4n) is 3.21. The second kappa shape index (κ2) is 5.83. The van der Waals surface area contributed by atoms with Crippen LogP contribution < -0.4 is 15.0 Å². The van der Waals surface area contributed by atoms with Gasteiger partial charge in [-0.05, 0) is 55.1 Å². The summed E-state index contributed by atoms with van der Waals surface area (Å²) < 4.78 is 5.88. The molecule has 0 aliphatic carbocycles. The van der Waals surface area contributed by atoms with Crippen molar-refractivity contribution >= 4 is 5.69 Å². The molecule has 3 nitrogen and oxygen atoms in total. The van der Waals surface area contributed by atoms with Crippen LogP contribution in [0.3, 0.4) is 0 Å². The normalized spacial score (nSPS) is 17.7. The van der Waals surface area contributed by atoms with Crippen LogP contribution in [0.25, 0.3) is 0 Å². The molecule has 0 bridgehead atoms. The SMILES string of the molecule is C.CCc1c2c(cc3c1N(C)CCO3)CCNCC2. The molecule has 3 heteroatoms. The van der Waals surface area contributed by atoms with Gasteiger partial charge in [-0.25, -0.2) is 0 Å². The maximum Gasteiger partial charge on any atom is 0.143 e. The van der Waals surface area contributed by atoms with E-state index in [1.165, 1.54) is 16.8 Å². The summed E-state index contributed by atoms with van der Waals surface area (Å²) in [5, 5.41) is 3.49. The Morgan fingerprint density at radius 1 is 1.32 bits per heavy atom. The van der Waals surface area contributed by atoms with E-state index in [1.807, 2.05) is 0 Å². The van der Waals surface area contributed by atoms with Gasteiger partial charge in [0.25, 0.3) is 0 Å². The Labute approximate surface area is 116 Å². The first kappa shape index (κ1) is 14.2. The summed E-state index contributed by atoms with van der Waals surface area (Å²) >= 11 is 0. The first-order chi connectivity index (χ1) is 8.81. The molecule has 2 aliphatic heterocycles. The van der Waals surface area contributed by atoms with Gasteiger partial charge in [-0.3, -0.25) is 0 Å². The fraction of sp³-hybridized carbons (Fsp3) is 0.625. The molecule has 2 heterocycles. The van der Waals surface area contributed by atoms with Crippen molar-refractivity contribution in [3.05, 3.63) is 22.8 Å². The van der Waals surface area contributed by atoms with E-state index in [1.54, 1.807) is 5.56 Å². The molecule has 1 aromatic carbocycles. The largest absolute Gasteiger partial charge is 0.490 e. The predicted molar refractivity (Wildman–Crippen MR) is 81.6 cm³/mol. The number of hydrogen-bond acceptors (Lipinski definition) is 3. The molecule has 2 aliphatic rings. The zero-order valence-electron chi connectivity index (χ0n) is 11.4. The summed E-state index contributed by atoms with van der Waals surface area (Å²) in [5.41, 5.74) is 5.90. The van der Waals surface area contributed by atoms with E-state index in [4.69, 9.17) is 4.74 Å². The summed E-state index contributed by atoms with van der Waals surface area (Å²) in [7, 11) is 2.18. The number of anilines is 1. The number of fused-ring (bicyclic) bond motifs is 2. The van der Waals surface area contributed by atoms with Crippen molar-refractivity contribution in [2.75, 3.05) is 38.2 Å². The maximum absolute atomic E-state index is 5.88. The van der Waals surface area contributed by atoms with Crippen LogP contribution in [0, 0.1) is 0 Å². The first-order valence-electron chi connectivity index (χ1n) is 7.03. The molecule has 1 N–H and O–H groups in total. The Morgan fingerprint density at radius 3 is 2.89 bits per heavy atom. The minimum atomic E-state index is 0. The zero-order chi connectivity index (χ0) is 12.5. The molecular formula is C16H26N2O. The van der Waals surface area contributed by atoms with Gasteiger partial charge in [0, 0.05) is 7.05 Å². The molecule has 0 spiro atoms. The fourth-order valence-corrected chi connectivity index (χ4v) is 3.21. The number of likely N-dealkylation sites (N-methyl/N-ethyl adjacent to an activating group) is 1. The van der Waals surface area contributed by atoms with Gasteiger partial charge < -0.3 is 15.0 Å². The van der Waals surface area contributed by atoms with Gasteiger partial charge in [0.1, 0.15) is 12.4 Å². The lowest BCUT2D eigenvalue weighted by Crippen LogP contribution is -2.30. The number of rotatable bonds is 1. The van der Waals surface area contributed by atoms with Gasteiger partial charge in [-0.1, -0.05) is 14.4 Å². The molecule has 0 atom stereocenters. The van der Waals surface area contributed by atoms with Crippen molar-refractivity contribution in [1.82, 2.24) is 5.32 Å². The molecule has 0 saturated carbocycles. The molecule has 0 unspecified atom stereocenters. The smallest absolute Gasteiger partial charge is 0.143 e. The highest BCUT2D eigenvalue weighted by Crippen LogP contribution is 2.39. The van der Waals surface area contributed by atoms with Crippen molar-refractivity contribution in [2.24, 2.45) is 0 Å². The van der Waals surface area contributed by atoms with Crippen LogP contribution in [-0.2, 0) is 19.3 Å². The van der Waals surface area contributed by atoms with E-state index < -0.39 is 0 Å². The van der Waals surface area contributed by atoms with Crippen molar-refractivity contribution in [3.8, 4) is 5.75 Å². The van der Waals surface area contributed by atoms with Gasteiger partial charge in [0.15, 0.2) is 0 Å². The molecule has 0 aromatic heterocycles. The number of nitrogens with zero attached hydrogens (tertiary/aromatic N) is 1. The highest BCUT2D eigenvalue weighted by atomic mass is 16.5. The minimum absolute atomic E-state index is 0. The minimum Gasteiger partial charge on any atom is -0.490 e. The lowest BCUT2D eigenvalue weighted by molar-refractivity contribution is 0.310. The van der Waals surface area contributed by atoms with Crippen LogP contribution in [0.2, 0.25) is 0 Å². The van der Waals surface area contributed by atoms with Crippen LogP contribution in [0.4, 0.5) is 5.69 Å². The molecule has 0 fully saturated rings. The van der Waals surface area contributed by atoms with Gasteiger partial charge in [0.2, 0.25) is 0 Å². The highest BCUT2D eigenvalue weighted by Gasteiger charge is 2.23. The lowest BCUT2D eigenvalue weighted by Gasteiger charge is -2.32. The summed E-state index contributed by atoms with van der Waals surface area (Å²) in [6.45, 7) is 6.26. The van der Waals surface area contributed by atoms with Crippen LogP contribution in [0.1, 0.15) is 31.0 Å². The van der Waals surface area contributed by atoms with Crippen molar-refractivity contribution in [3.63, 3.8) is 0 Å². The van der Waals surface area contributed by atoms with Gasteiger partial charge >= 0.3 is 0 Å². The Bertz CT molecular complexity index is 457. The number of benzene rings is 1. The molecule has 0 saturated heterocycles. The number of hydrogen-bond donors (Lipinski definition) is 1. The Balaban J connectivity index is 0.00000133. The topological polar surface area (TPSA) is 24.5 Å². The van der Waals surface area contributed by atoms with Crippen LogP contribution in [-0.4, -0.2) is 33.3 Å². The molecule has 19 heavy (non-hydrogen) atoms. The first-order valence-corrected chi connectivity index (χ1v) is 7.03. The average molecular weight is 262 g/mol. The predicted octanol–water partition coefficient (Wildman–Crippen LogP) is 2.40. The molecule has 0 amide bonds. The van der Waals surface area contributed by atoms with E-state index in [2.05, 4.69) is 30.3 Å². The highest BCUT2D eigenvalue weighted by molar-refractivity contribution is 5.69. The van der Waals surface area contributed by atoms with Gasteiger partial charge in [0.05, 0.1) is 12.2 Å². The van der Waals surface area contributed by atoms with E-state index in [9.17, 15) is 0 Å². The number of ether oxygens (including phenoxy) is 1. The summed E-state index contributed by atoms with van der Waals surface area (Å²) in [6.07, 6.45) is 3.38. The third-order valence-corrected chi connectivity index (χ3v) is 4.12. The summed E-state index contributed by atoms with van der Waals surface area (Å²) in [4.78, 5) is 2.36. The molecular weight excluding hydrogens is 236 g/mol. The van der Waals surface area contributed by atoms with Gasteiger partial charge in [-0.2, -0.15) is 0 Å². The quantitative estimate of drug-likeness (QED) is 0.841. The molecule has 3 rings (SSSR count). The Kier molecular flexibility index (Phi) is 4.35. The van der Waals surface area contributed by atoms with Crippen molar-refractivity contribution < 1.29 is 4.74 Å². The summed E-state index contributed by atoms with van der Waals surface area (Å²) in [6, 6.07) is 2.28. The van der Waals surface area contributed by atoms with E-state index >= 15 is 0 Å². The monoisotopic (exact) mass is 262 g/mol. The molecule has 1 aromatic rings. The van der Waals surface area contributed by atoms with Crippen molar-refractivity contribution in [2.45, 2.75) is 33.6 Å². The molecule has 106 valence electrons. The third-order valence-electron chi connectivity index (χ3n) is 4.12. The lowest BCUT2D eigenvalue weighted by atomic mass is 9.92. The second-order valence-corrected chi connectivity index (χ2v) is 5.21. The Hall–Kier alpha value is -1.22. The van der Waals surface area contributed by atoms with Crippen LogP contribution in [0.5, 0.6) is 5.75 Å². The van der Waals surface area contributed by atoms with E-state index in [0.717, 1.165) is 51.3 Å². The van der Waals surface area contributed by atoms with Crippen molar-refractivity contribution in [1.29, 1.82) is 0 Å².